The van der Waals surface area contributed by atoms with Crippen LogP contribution in [0.3, 0.4) is 0 Å². The fourth-order valence-electron chi connectivity index (χ4n) is 5.28. The van der Waals surface area contributed by atoms with E-state index in [2.05, 4.69) is 47.0 Å². The highest BCUT2D eigenvalue weighted by molar-refractivity contribution is 5.95. The average molecular weight is 432 g/mol. The summed E-state index contributed by atoms with van der Waals surface area (Å²) >= 11 is 0. The minimum Gasteiger partial charge on any atom is -0.497 e. The molecule has 1 fully saturated rings. The summed E-state index contributed by atoms with van der Waals surface area (Å²) in [6.45, 7) is 3.38. The number of aryl methyl sites for hydroxylation is 1. The molecular formula is C26H29N3O3. The Morgan fingerprint density at radius 3 is 2.47 bits per heavy atom. The zero-order valence-corrected chi connectivity index (χ0v) is 19.1. The highest BCUT2D eigenvalue weighted by Gasteiger charge is 2.46. The van der Waals surface area contributed by atoms with Crippen molar-refractivity contribution >= 4 is 11.6 Å². The number of fused-ring (bicyclic) bond motifs is 4. The van der Waals surface area contributed by atoms with Gasteiger partial charge in [-0.3, -0.25) is 4.79 Å². The summed E-state index contributed by atoms with van der Waals surface area (Å²) in [5.41, 5.74) is 5.13. The molecule has 2 aliphatic heterocycles. The lowest BCUT2D eigenvalue weighted by molar-refractivity contribution is 0.0659. The normalized spacial score (nSPS) is 16.5. The summed E-state index contributed by atoms with van der Waals surface area (Å²) in [5, 5.41) is 0. The van der Waals surface area contributed by atoms with Gasteiger partial charge in [0.2, 0.25) is 0 Å². The first-order chi connectivity index (χ1) is 15.5. The van der Waals surface area contributed by atoms with Gasteiger partial charge in [0.05, 0.1) is 31.1 Å². The summed E-state index contributed by atoms with van der Waals surface area (Å²) in [6.07, 6.45) is 3.85. The number of carbonyl (C=O) groups is 1. The Hall–Kier alpha value is -3.41. The van der Waals surface area contributed by atoms with Crippen molar-refractivity contribution in [2.24, 2.45) is 0 Å². The molecule has 5 rings (SSSR count). The summed E-state index contributed by atoms with van der Waals surface area (Å²) < 4.78 is 13.2. The number of hydrogen-bond acceptors (Lipinski definition) is 4. The van der Waals surface area contributed by atoms with E-state index in [0.29, 0.717) is 18.7 Å². The number of anilines is 1. The quantitative estimate of drug-likeness (QED) is 0.617. The maximum absolute atomic E-state index is 13.2. The van der Waals surface area contributed by atoms with Gasteiger partial charge < -0.3 is 23.8 Å². The second-order valence-corrected chi connectivity index (χ2v) is 8.69. The van der Waals surface area contributed by atoms with E-state index in [1.54, 1.807) is 14.2 Å². The molecule has 1 aromatic heterocycles. The number of likely N-dealkylation sites (tertiary alicyclic amines) is 1. The van der Waals surface area contributed by atoms with E-state index in [9.17, 15) is 4.79 Å². The second kappa shape index (κ2) is 7.62. The molecule has 1 amide bonds. The SMILES string of the molecule is COc1ccc2c(c1)N(C)C1(CCN(C(=O)c3ccc(C)c(OC)c3)CC1)c1cccn1-2. The number of hydrogen-bond donors (Lipinski definition) is 0. The first kappa shape index (κ1) is 20.5. The maximum Gasteiger partial charge on any atom is 0.253 e. The molecule has 6 heteroatoms. The van der Waals surface area contributed by atoms with Gasteiger partial charge in [0.25, 0.3) is 5.91 Å². The Labute approximate surface area is 189 Å². The van der Waals surface area contributed by atoms with Crippen LogP contribution >= 0.6 is 0 Å². The predicted octanol–water partition coefficient (Wildman–Crippen LogP) is 4.38. The van der Waals surface area contributed by atoms with E-state index < -0.39 is 0 Å². The highest BCUT2D eigenvalue weighted by atomic mass is 16.5. The first-order valence-electron chi connectivity index (χ1n) is 11.0. The third-order valence-electron chi connectivity index (χ3n) is 7.20. The Balaban J connectivity index is 1.44. The van der Waals surface area contributed by atoms with Gasteiger partial charge in [0.1, 0.15) is 11.5 Å². The second-order valence-electron chi connectivity index (χ2n) is 8.69. The molecule has 166 valence electrons. The minimum atomic E-state index is -0.162. The van der Waals surface area contributed by atoms with Gasteiger partial charge in [-0.05, 0) is 61.7 Å². The molecular weight excluding hydrogens is 402 g/mol. The number of rotatable bonds is 3. The van der Waals surface area contributed by atoms with Crippen molar-refractivity contribution in [1.29, 1.82) is 0 Å². The van der Waals surface area contributed by atoms with Crippen molar-refractivity contribution in [1.82, 2.24) is 9.47 Å². The van der Waals surface area contributed by atoms with Crippen LogP contribution in [0.15, 0.2) is 54.7 Å². The zero-order valence-electron chi connectivity index (χ0n) is 19.1. The number of aromatic nitrogens is 1. The van der Waals surface area contributed by atoms with E-state index in [1.807, 2.05) is 36.1 Å². The van der Waals surface area contributed by atoms with Crippen molar-refractivity contribution in [2.75, 3.05) is 39.3 Å². The molecule has 1 saturated heterocycles. The predicted molar refractivity (Wildman–Crippen MR) is 125 cm³/mol. The third-order valence-corrected chi connectivity index (χ3v) is 7.20. The molecule has 0 saturated carbocycles. The monoisotopic (exact) mass is 431 g/mol. The lowest BCUT2D eigenvalue weighted by Crippen LogP contribution is -2.55. The van der Waals surface area contributed by atoms with Crippen molar-refractivity contribution < 1.29 is 14.3 Å². The van der Waals surface area contributed by atoms with Gasteiger partial charge in [-0.25, -0.2) is 0 Å². The number of nitrogens with zero attached hydrogens (tertiary/aromatic N) is 3. The Bertz CT molecular complexity index is 1170. The summed E-state index contributed by atoms with van der Waals surface area (Å²) in [5.74, 6) is 1.66. The molecule has 6 nitrogen and oxygen atoms in total. The fourth-order valence-corrected chi connectivity index (χ4v) is 5.28. The summed E-state index contributed by atoms with van der Waals surface area (Å²) in [7, 11) is 5.50. The molecule has 2 aliphatic rings. The molecule has 0 unspecified atom stereocenters. The topological polar surface area (TPSA) is 46.9 Å². The van der Waals surface area contributed by atoms with E-state index in [4.69, 9.17) is 9.47 Å². The molecule has 0 atom stereocenters. The van der Waals surface area contributed by atoms with Gasteiger partial charge >= 0.3 is 0 Å². The summed E-state index contributed by atoms with van der Waals surface area (Å²) in [4.78, 5) is 17.6. The van der Waals surface area contributed by atoms with Gasteiger partial charge in [-0.15, -0.1) is 0 Å². The highest BCUT2D eigenvalue weighted by Crippen LogP contribution is 2.48. The van der Waals surface area contributed by atoms with E-state index in [-0.39, 0.29) is 11.4 Å². The largest absolute Gasteiger partial charge is 0.497 e. The Morgan fingerprint density at radius 2 is 1.75 bits per heavy atom. The average Bonchev–Trinajstić information content (AvgIpc) is 3.33. The maximum atomic E-state index is 13.2. The molecule has 3 aromatic rings. The molecule has 0 bridgehead atoms. The van der Waals surface area contributed by atoms with E-state index in [1.165, 1.54) is 5.69 Å². The van der Waals surface area contributed by atoms with Crippen LogP contribution in [-0.2, 0) is 5.54 Å². The van der Waals surface area contributed by atoms with Crippen LogP contribution in [-0.4, -0.2) is 49.7 Å². The van der Waals surface area contributed by atoms with Crippen molar-refractivity contribution in [2.45, 2.75) is 25.3 Å². The van der Waals surface area contributed by atoms with Gasteiger partial charge in [-0.1, -0.05) is 6.07 Å². The molecule has 0 aliphatic carbocycles. The molecule has 3 heterocycles. The van der Waals surface area contributed by atoms with E-state index in [0.717, 1.165) is 41.3 Å². The molecule has 0 N–H and O–H groups in total. The number of piperidine rings is 1. The van der Waals surface area contributed by atoms with Crippen LogP contribution in [0.4, 0.5) is 5.69 Å². The number of ether oxygens (including phenoxy) is 2. The van der Waals surface area contributed by atoms with Crippen molar-refractivity contribution in [3.8, 4) is 17.2 Å². The number of amides is 1. The molecule has 2 aromatic carbocycles. The van der Waals surface area contributed by atoms with Crippen LogP contribution in [0.2, 0.25) is 0 Å². The lowest BCUT2D eigenvalue weighted by atomic mass is 9.80. The smallest absolute Gasteiger partial charge is 0.253 e. The number of benzene rings is 2. The third kappa shape index (κ3) is 2.97. The van der Waals surface area contributed by atoms with Gasteiger partial charge in [0, 0.05) is 43.7 Å². The molecule has 1 spiro atoms. The van der Waals surface area contributed by atoms with E-state index >= 15 is 0 Å². The van der Waals surface area contributed by atoms with Crippen molar-refractivity contribution in [3.05, 3.63) is 71.5 Å². The standard InChI is InChI=1S/C26H29N3O3/c1-18-7-8-19(16-23(18)32-4)25(30)28-14-11-26(12-15-28)24-6-5-13-29(24)21-10-9-20(31-3)17-22(21)27(26)2/h5-10,13,16-17H,11-12,14-15H2,1-4H3. The Kier molecular flexibility index (Phi) is 4.88. The Morgan fingerprint density at radius 1 is 0.969 bits per heavy atom. The number of carbonyl (C=O) groups excluding carboxylic acids is 1. The fraction of sp³-hybridized carbons (Fsp3) is 0.346. The van der Waals surface area contributed by atoms with Crippen LogP contribution in [0.25, 0.3) is 5.69 Å². The van der Waals surface area contributed by atoms with Gasteiger partial charge in [-0.2, -0.15) is 0 Å². The molecule has 0 radical (unpaired) electrons. The zero-order chi connectivity index (χ0) is 22.5. The van der Waals surface area contributed by atoms with Crippen LogP contribution in [0, 0.1) is 6.92 Å². The van der Waals surface area contributed by atoms with Crippen LogP contribution in [0.5, 0.6) is 11.5 Å². The summed E-state index contributed by atoms with van der Waals surface area (Å²) in [6, 6.07) is 16.2. The van der Waals surface area contributed by atoms with Gasteiger partial charge in [0.15, 0.2) is 0 Å². The van der Waals surface area contributed by atoms with Crippen LogP contribution < -0.4 is 14.4 Å². The van der Waals surface area contributed by atoms with Crippen LogP contribution in [0.1, 0.15) is 34.5 Å². The van der Waals surface area contributed by atoms with Crippen molar-refractivity contribution in [3.63, 3.8) is 0 Å². The lowest BCUT2D eigenvalue weighted by Gasteiger charge is -2.51. The first-order valence-corrected chi connectivity index (χ1v) is 11.0. The minimum absolute atomic E-state index is 0.0639. The molecule has 32 heavy (non-hydrogen) atoms. The number of methoxy groups -OCH3 is 2.